The summed E-state index contributed by atoms with van der Waals surface area (Å²) in [6.07, 6.45) is 1.78. The molecule has 1 aliphatic rings. The van der Waals surface area contributed by atoms with Crippen molar-refractivity contribution in [1.29, 1.82) is 0 Å². The van der Waals surface area contributed by atoms with Gasteiger partial charge in [-0.25, -0.2) is 0 Å². The Morgan fingerprint density at radius 3 is 2.90 bits per heavy atom. The van der Waals surface area contributed by atoms with E-state index >= 15 is 0 Å². The van der Waals surface area contributed by atoms with Gasteiger partial charge < -0.3 is 10.1 Å². The molecule has 6 heteroatoms. The molecule has 0 unspecified atom stereocenters. The van der Waals surface area contributed by atoms with Crippen LogP contribution in [0.15, 0.2) is 29.4 Å². The maximum Gasteiger partial charge on any atom is 0.187 e. The molecule has 1 fully saturated rings. The van der Waals surface area contributed by atoms with E-state index < -0.39 is 0 Å². The standard InChI is InChI=1S/C15H22N4OS/c1-13-4-2-3-5-14(13)12-17-18-15(21)16-6-7-19-8-10-20-11-9-19/h2-5,12H,6-11H2,1H3,(H2,16,18,21)/b17-12+. The molecule has 0 amide bonds. The molecule has 2 N–H and O–H groups in total. The van der Waals surface area contributed by atoms with Crippen LogP contribution in [0, 0.1) is 6.92 Å². The molecular formula is C15H22N4OS. The van der Waals surface area contributed by atoms with Crippen LogP contribution in [0.4, 0.5) is 0 Å². The Kier molecular flexibility index (Phi) is 6.59. The van der Waals surface area contributed by atoms with Crippen LogP contribution in [-0.4, -0.2) is 55.6 Å². The highest BCUT2D eigenvalue weighted by Gasteiger charge is 2.09. The van der Waals surface area contributed by atoms with E-state index in [4.69, 9.17) is 17.0 Å². The van der Waals surface area contributed by atoms with Crippen LogP contribution >= 0.6 is 12.2 Å². The molecule has 0 saturated carbocycles. The van der Waals surface area contributed by atoms with Gasteiger partial charge in [0.2, 0.25) is 0 Å². The van der Waals surface area contributed by atoms with Gasteiger partial charge in [0.25, 0.3) is 0 Å². The summed E-state index contributed by atoms with van der Waals surface area (Å²) in [6.45, 7) is 7.46. The predicted molar refractivity (Wildman–Crippen MR) is 89.8 cm³/mol. The van der Waals surface area contributed by atoms with Crippen LogP contribution in [0.1, 0.15) is 11.1 Å². The molecule has 114 valence electrons. The van der Waals surface area contributed by atoms with Crippen molar-refractivity contribution in [2.75, 3.05) is 39.4 Å². The first-order valence-electron chi connectivity index (χ1n) is 7.18. The van der Waals surface area contributed by atoms with Crippen molar-refractivity contribution in [2.24, 2.45) is 5.10 Å². The molecule has 0 aliphatic carbocycles. The monoisotopic (exact) mass is 306 g/mol. The van der Waals surface area contributed by atoms with Gasteiger partial charge in [0.05, 0.1) is 19.4 Å². The van der Waals surface area contributed by atoms with E-state index in [0.29, 0.717) is 5.11 Å². The zero-order valence-electron chi connectivity index (χ0n) is 12.3. The molecule has 1 heterocycles. The lowest BCUT2D eigenvalue weighted by atomic mass is 10.1. The molecule has 0 bridgehead atoms. The Morgan fingerprint density at radius 1 is 1.38 bits per heavy atom. The Labute approximate surface area is 131 Å². The number of rotatable bonds is 5. The SMILES string of the molecule is Cc1ccccc1/C=N/NC(=S)NCCN1CCOCC1. The molecule has 1 aromatic rings. The second kappa shape index (κ2) is 8.71. The van der Waals surface area contributed by atoms with E-state index in [1.807, 2.05) is 18.2 Å². The number of hydrazone groups is 1. The number of morpholine rings is 1. The fourth-order valence-electron chi connectivity index (χ4n) is 2.08. The van der Waals surface area contributed by atoms with Crippen molar-refractivity contribution in [3.05, 3.63) is 35.4 Å². The molecule has 1 aliphatic heterocycles. The van der Waals surface area contributed by atoms with E-state index in [0.717, 1.165) is 45.0 Å². The highest BCUT2D eigenvalue weighted by Crippen LogP contribution is 2.02. The normalized spacial score (nSPS) is 16.0. The minimum Gasteiger partial charge on any atom is -0.379 e. The van der Waals surface area contributed by atoms with Gasteiger partial charge in [-0.3, -0.25) is 10.3 Å². The van der Waals surface area contributed by atoms with Gasteiger partial charge in [-0.05, 0) is 30.3 Å². The maximum absolute atomic E-state index is 5.31. The van der Waals surface area contributed by atoms with Gasteiger partial charge >= 0.3 is 0 Å². The number of nitrogens with zero attached hydrogens (tertiary/aromatic N) is 2. The first-order chi connectivity index (χ1) is 10.3. The van der Waals surface area contributed by atoms with Gasteiger partial charge in [-0.1, -0.05) is 24.3 Å². The summed E-state index contributed by atoms with van der Waals surface area (Å²) in [5.74, 6) is 0. The van der Waals surface area contributed by atoms with Crippen molar-refractivity contribution in [3.63, 3.8) is 0 Å². The van der Waals surface area contributed by atoms with Crippen molar-refractivity contribution < 1.29 is 4.74 Å². The van der Waals surface area contributed by atoms with E-state index in [9.17, 15) is 0 Å². The number of aryl methyl sites for hydroxylation is 1. The van der Waals surface area contributed by atoms with Crippen LogP contribution in [0.25, 0.3) is 0 Å². The van der Waals surface area contributed by atoms with Crippen LogP contribution in [-0.2, 0) is 4.74 Å². The quantitative estimate of drug-likeness (QED) is 0.485. The van der Waals surface area contributed by atoms with Gasteiger partial charge in [-0.2, -0.15) is 5.10 Å². The molecule has 0 aromatic heterocycles. The Bertz CT molecular complexity index is 486. The van der Waals surface area contributed by atoms with Crippen molar-refractivity contribution in [1.82, 2.24) is 15.6 Å². The molecule has 0 radical (unpaired) electrons. The zero-order chi connectivity index (χ0) is 14.9. The molecule has 1 aromatic carbocycles. The number of benzene rings is 1. The van der Waals surface area contributed by atoms with Gasteiger partial charge in [-0.15, -0.1) is 0 Å². The average Bonchev–Trinajstić information content (AvgIpc) is 2.50. The molecular weight excluding hydrogens is 284 g/mol. The Morgan fingerprint density at radius 2 is 2.14 bits per heavy atom. The summed E-state index contributed by atoms with van der Waals surface area (Å²) in [5.41, 5.74) is 5.12. The van der Waals surface area contributed by atoms with Crippen molar-refractivity contribution in [2.45, 2.75) is 6.92 Å². The largest absolute Gasteiger partial charge is 0.379 e. The summed E-state index contributed by atoms with van der Waals surface area (Å²) < 4.78 is 5.31. The fourth-order valence-corrected chi connectivity index (χ4v) is 2.24. The minimum atomic E-state index is 0.549. The predicted octanol–water partition coefficient (Wildman–Crippen LogP) is 1.13. The minimum absolute atomic E-state index is 0.549. The lowest BCUT2D eigenvalue weighted by Crippen LogP contribution is -2.42. The number of thiocarbonyl (C=S) groups is 1. The van der Waals surface area contributed by atoms with Crippen LogP contribution in [0.3, 0.4) is 0 Å². The highest BCUT2D eigenvalue weighted by atomic mass is 32.1. The Balaban J connectivity index is 1.64. The smallest absolute Gasteiger partial charge is 0.187 e. The van der Waals surface area contributed by atoms with Crippen molar-refractivity contribution in [3.8, 4) is 0 Å². The third kappa shape index (κ3) is 5.79. The van der Waals surface area contributed by atoms with E-state index in [-0.39, 0.29) is 0 Å². The third-order valence-electron chi connectivity index (χ3n) is 3.38. The topological polar surface area (TPSA) is 48.9 Å². The second-order valence-corrected chi connectivity index (χ2v) is 5.34. The summed E-state index contributed by atoms with van der Waals surface area (Å²) in [5, 5.41) is 7.86. The van der Waals surface area contributed by atoms with Crippen LogP contribution in [0.2, 0.25) is 0 Å². The Hall–Kier alpha value is -1.50. The number of ether oxygens (including phenoxy) is 1. The lowest BCUT2D eigenvalue weighted by Gasteiger charge is -2.26. The third-order valence-corrected chi connectivity index (χ3v) is 3.61. The molecule has 2 rings (SSSR count). The lowest BCUT2D eigenvalue weighted by molar-refractivity contribution is 0.0389. The first kappa shape index (κ1) is 15.9. The van der Waals surface area contributed by atoms with E-state index in [2.05, 4.69) is 33.7 Å². The zero-order valence-corrected chi connectivity index (χ0v) is 13.2. The summed E-state index contributed by atoms with van der Waals surface area (Å²) in [6, 6.07) is 8.08. The van der Waals surface area contributed by atoms with Gasteiger partial charge in [0.15, 0.2) is 5.11 Å². The van der Waals surface area contributed by atoms with Gasteiger partial charge in [0.1, 0.15) is 0 Å². The van der Waals surface area contributed by atoms with Crippen molar-refractivity contribution >= 4 is 23.5 Å². The first-order valence-corrected chi connectivity index (χ1v) is 7.59. The van der Waals surface area contributed by atoms with E-state index in [1.165, 1.54) is 5.56 Å². The fraction of sp³-hybridized carbons (Fsp3) is 0.467. The van der Waals surface area contributed by atoms with Crippen LogP contribution < -0.4 is 10.7 Å². The summed E-state index contributed by atoms with van der Waals surface area (Å²) >= 11 is 5.19. The molecule has 1 saturated heterocycles. The molecule has 5 nitrogen and oxygen atoms in total. The highest BCUT2D eigenvalue weighted by molar-refractivity contribution is 7.80. The summed E-state index contributed by atoms with van der Waals surface area (Å²) in [4.78, 5) is 2.36. The number of hydrogen-bond acceptors (Lipinski definition) is 4. The summed E-state index contributed by atoms with van der Waals surface area (Å²) in [7, 11) is 0. The molecule has 0 atom stereocenters. The van der Waals surface area contributed by atoms with Crippen LogP contribution in [0.5, 0.6) is 0 Å². The van der Waals surface area contributed by atoms with E-state index in [1.54, 1.807) is 6.21 Å². The average molecular weight is 306 g/mol. The molecule has 0 spiro atoms. The second-order valence-electron chi connectivity index (χ2n) is 4.94. The van der Waals surface area contributed by atoms with Gasteiger partial charge in [0, 0.05) is 26.2 Å². The number of hydrogen-bond donors (Lipinski definition) is 2. The molecule has 21 heavy (non-hydrogen) atoms. The number of nitrogens with one attached hydrogen (secondary N) is 2. The maximum atomic E-state index is 5.31.